The number of hydrogen-bond acceptors (Lipinski definition) is 6. The number of Topliss-reactive ketones (excluding diaryl/α,β-unsaturated/α-hetero) is 1. The highest BCUT2D eigenvalue weighted by Gasteiger charge is 2.26. The van der Waals surface area contributed by atoms with Gasteiger partial charge in [0.05, 0.1) is 22.6 Å². The number of fused-ring (bicyclic) bond motifs is 1. The summed E-state index contributed by atoms with van der Waals surface area (Å²) in [5.41, 5.74) is 3.66. The minimum Gasteiger partial charge on any atom is -0.339 e. The van der Waals surface area contributed by atoms with E-state index < -0.39 is 17.2 Å². The molecule has 3 aromatic carbocycles. The molecule has 3 heterocycles. The molecule has 1 amide bonds. The molecule has 1 fully saturated rings. The van der Waals surface area contributed by atoms with Crippen molar-refractivity contribution in [1.82, 2.24) is 29.1 Å². The number of benzene rings is 3. The molecule has 52 heavy (non-hydrogen) atoms. The maximum atomic E-state index is 13.7. The van der Waals surface area contributed by atoms with Gasteiger partial charge in [-0.15, -0.1) is 0 Å². The Morgan fingerprint density at radius 3 is 2.48 bits per heavy atom. The summed E-state index contributed by atoms with van der Waals surface area (Å²) in [6.45, 7) is 3.64. The van der Waals surface area contributed by atoms with E-state index in [4.69, 9.17) is 16.6 Å². The van der Waals surface area contributed by atoms with Crippen molar-refractivity contribution in [3.8, 4) is 0 Å². The van der Waals surface area contributed by atoms with Crippen molar-refractivity contribution in [3.63, 3.8) is 0 Å². The number of likely N-dealkylation sites (tertiary alicyclic amines) is 1. The van der Waals surface area contributed by atoms with Gasteiger partial charge in [-0.25, -0.2) is 23.4 Å². The summed E-state index contributed by atoms with van der Waals surface area (Å²) in [6, 6.07) is 15.0. The first kappa shape index (κ1) is 36.8. The third-order valence-electron chi connectivity index (χ3n) is 9.94. The first-order chi connectivity index (χ1) is 24.9. The van der Waals surface area contributed by atoms with Crippen molar-refractivity contribution >= 4 is 40.3 Å². The Morgan fingerprint density at radius 2 is 1.75 bits per heavy atom. The van der Waals surface area contributed by atoms with Crippen molar-refractivity contribution in [2.75, 3.05) is 27.2 Å². The summed E-state index contributed by atoms with van der Waals surface area (Å²) in [5.74, 6) is -1.68. The van der Waals surface area contributed by atoms with Crippen LogP contribution in [0.2, 0.25) is 5.02 Å². The zero-order valence-corrected chi connectivity index (χ0v) is 30.5. The van der Waals surface area contributed by atoms with Crippen molar-refractivity contribution < 1.29 is 18.4 Å². The van der Waals surface area contributed by atoms with Crippen LogP contribution in [0, 0.1) is 18.6 Å². The van der Waals surface area contributed by atoms with Gasteiger partial charge in [0.1, 0.15) is 11.4 Å². The summed E-state index contributed by atoms with van der Waals surface area (Å²) in [7, 11) is 5.61. The molecule has 0 bridgehead atoms. The molecule has 0 unspecified atom stereocenters. The molecule has 270 valence electrons. The highest BCUT2D eigenvalue weighted by molar-refractivity contribution is 6.33. The number of aromatic nitrogens is 4. The summed E-state index contributed by atoms with van der Waals surface area (Å²) in [6.07, 6.45) is 8.48. The third-order valence-corrected chi connectivity index (χ3v) is 10.2. The number of halogens is 3. The van der Waals surface area contributed by atoms with E-state index >= 15 is 0 Å². The Balaban J connectivity index is 1.05. The molecule has 6 rings (SSSR count). The molecular formula is C40H41ClF2N6O3. The van der Waals surface area contributed by atoms with Crippen LogP contribution in [-0.2, 0) is 20.0 Å². The molecule has 12 heteroatoms. The van der Waals surface area contributed by atoms with Gasteiger partial charge in [0, 0.05) is 50.3 Å². The lowest BCUT2D eigenvalue weighted by atomic mass is 10.0. The fourth-order valence-corrected chi connectivity index (χ4v) is 6.96. The molecule has 0 spiro atoms. The number of carbonyl (C=O) groups excluding carboxylic acids is 2. The van der Waals surface area contributed by atoms with Gasteiger partial charge in [0.15, 0.2) is 17.4 Å². The van der Waals surface area contributed by atoms with E-state index in [-0.39, 0.29) is 36.3 Å². The second kappa shape index (κ2) is 15.7. The number of amides is 1. The fourth-order valence-electron chi connectivity index (χ4n) is 6.67. The molecule has 9 nitrogen and oxygen atoms in total. The van der Waals surface area contributed by atoms with Crippen molar-refractivity contribution in [2.45, 2.75) is 51.6 Å². The largest absolute Gasteiger partial charge is 0.339 e. The number of ketones is 1. The second-order valence-electron chi connectivity index (χ2n) is 13.5. The van der Waals surface area contributed by atoms with E-state index in [1.54, 1.807) is 30.9 Å². The van der Waals surface area contributed by atoms with Gasteiger partial charge in [-0.1, -0.05) is 42.0 Å². The van der Waals surface area contributed by atoms with Crippen LogP contribution in [-0.4, -0.2) is 74.0 Å². The second-order valence-corrected chi connectivity index (χ2v) is 13.9. The number of nitrogens with zero attached hydrogens (tertiary/aromatic N) is 6. The zero-order valence-electron chi connectivity index (χ0n) is 29.7. The number of allylic oxidation sites excluding steroid dienone is 1. The minimum atomic E-state index is -0.993. The first-order valence-corrected chi connectivity index (χ1v) is 17.7. The number of piperidine rings is 1. The van der Waals surface area contributed by atoms with E-state index in [1.165, 1.54) is 10.7 Å². The van der Waals surface area contributed by atoms with Crippen LogP contribution in [0.4, 0.5) is 8.78 Å². The van der Waals surface area contributed by atoms with Crippen LogP contribution >= 0.6 is 11.6 Å². The SMILES string of the molecule is Cc1c(C(=O)CC/C=C/c2ccc3nc(Cc4ccc(C(=O)N(C)C5CCN(C)CC5)c(Cl)c4)ncc3c2)c(=O)n(Cc2ccc(F)c(F)c2)n1C. The first-order valence-electron chi connectivity index (χ1n) is 17.3. The normalized spacial score (nSPS) is 14.1. The van der Waals surface area contributed by atoms with Gasteiger partial charge in [0.2, 0.25) is 0 Å². The Kier molecular flexibility index (Phi) is 11.1. The standard InChI is InChI=1S/C40H41ClF2N6O3/c1-25-38(40(52)49(48(25)4)24-28-10-13-33(42)34(43)21-28)36(50)8-6-5-7-26-11-14-35-29(19-26)23-44-37(45-35)22-27-9-12-31(32(41)20-27)39(51)47(3)30-15-17-46(2)18-16-30/h5,7,9-14,19-21,23,30H,6,8,15-18,22,24H2,1-4H3/b7-5+. The molecule has 0 saturated carbocycles. The molecule has 0 N–H and O–H groups in total. The van der Waals surface area contributed by atoms with E-state index in [0.29, 0.717) is 40.5 Å². The summed E-state index contributed by atoms with van der Waals surface area (Å²) < 4.78 is 30.0. The maximum absolute atomic E-state index is 13.7. The lowest BCUT2D eigenvalue weighted by Crippen LogP contribution is -2.44. The van der Waals surface area contributed by atoms with Gasteiger partial charge in [-0.2, -0.15) is 0 Å². The van der Waals surface area contributed by atoms with E-state index in [0.717, 1.165) is 60.1 Å². The highest BCUT2D eigenvalue weighted by atomic mass is 35.5. The smallest absolute Gasteiger partial charge is 0.278 e. The molecule has 1 aliphatic heterocycles. The van der Waals surface area contributed by atoms with Crippen LogP contribution in [0.1, 0.15) is 74.6 Å². The number of rotatable bonds is 11. The quantitative estimate of drug-likeness (QED) is 0.138. The van der Waals surface area contributed by atoms with E-state index in [2.05, 4.69) is 16.9 Å². The monoisotopic (exact) mass is 726 g/mol. The van der Waals surface area contributed by atoms with Gasteiger partial charge >= 0.3 is 0 Å². The lowest BCUT2D eigenvalue weighted by Gasteiger charge is -2.35. The van der Waals surface area contributed by atoms with Crippen molar-refractivity contribution in [2.24, 2.45) is 7.05 Å². The van der Waals surface area contributed by atoms with Crippen LogP contribution in [0.15, 0.2) is 71.7 Å². The summed E-state index contributed by atoms with van der Waals surface area (Å²) in [4.78, 5) is 52.9. The van der Waals surface area contributed by atoms with Crippen molar-refractivity contribution in [1.29, 1.82) is 0 Å². The average molecular weight is 727 g/mol. The molecule has 0 atom stereocenters. The molecule has 5 aromatic rings. The fraction of sp³-hybridized carbons (Fsp3) is 0.325. The third kappa shape index (κ3) is 8.05. The van der Waals surface area contributed by atoms with Gasteiger partial charge in [-0.3, -0.25) is 19.1 Å². The molecule has 2 aromatic heterocycles. The highest BCUT2D eigenvalue weighted by Crippen LogP contribution is 2.24. The topological polar surface area (TPSA) is 93.3 Å². The summed E-state index contributed by atoms with van der Waals surface area (Å²) in [5, 5.41) is 1.27. The predicted molar refractivity (Wildman–Crippen MR) is 199 cm³/mol. The minimum absolute atomic E-state index is 0.00816. The molecule has 1 aliphatic rings. The van der Waals surface area contributed by atoms with Crippen molar-refractivity contribution in [3.05, 3.63) is 133 Å². The van der Waals surface area contributed by atoms with Crippen LogP contribution in [0.25, 0.3) is 17.0 Å². The van der Waals surface area contributed by atoms with E-state index in [9.17, 15) is 23.2 Å². The predicted octanol–water partition coefficient (Wildman–Crippen LogP) is 6.85. The maximum Gasteiger partial charge on any atom is 0.278 e. The number of carbonyl (C=O) groups is 2. The Morgan fingerprint density at radius 1 is 1.00 bits per heavy atom. The molecule has 0 radical (unpaired) electrons. The van der Waals surface area contributed by atoms with Gasteiger partial charge in [-0.05, 0) is 99.4 Å². The Labute approximate surface area is 306 Å². The number of hydrogen-bond donors (Lipinski definition) is 0. The zero-order chi connectivity index (χ0) is 37.1. The van der Waals surface area contributed by atoms with Crippen LogP contribution in [0.3, 0.4) is 0 Å². The summed E-state index contributed by atoms with van der Waals surface area (Å²) >= 11 is 6.61. The Hall–Kier alpha value is -5.00. The Bertz CT molecular complexity index is 2240. The van der Waals surface area contributed by atoms with Gasteiger partial charge < -0.3 is 9.80 Å². The average Bonchev–Trinajstić information content (AvgIpc) is 3.34. The van der Waals surface area contributed by atoms with E-state index in [1.807, 2.05) is 54.4 Å². The molecule has 1 saturated heterocycles. The lowest BCUT2D eigenvalue weighted by molar-refractivity contribution is 0.0659. The van der Waals surface area contributed by atoms with Crippen LogP contribution < -0.4 is 5.56 Å². The van der Waals surface area contributed by atoms with Gasteiger partial charge in [0.25, 0.3) is 11.5 Å². The van der Waals surface area contributed by atoms with Crippen LogP contribution in [0.5, 0.6) is 0 Å². The molecule has 0 aliphatic carbocycles. The molecular weight excluding hydrogens is 686 g/mol.